The molecule has 0 fully saturated rings. The van der Waals surface area contributed by atoms with Gasteiger partial charge in [0.25, 0.3) is 0 Å². The van der Waals surface area contributed by atoms with E-state index in [0.717, 1.165) is 22.6 Å². The summed E-state index contributed by atoms with van der Waals surface area (Å²) in [5, 5.41) is 3.02. The molecule has 5 heteroatoms. The van der Waals surface area contributed by atoms with Crippen LogP contribution in [0.4, 0.5) is 0 Å². The molecule has 134 valence electrons. The average molecular weight is 342 g/mol. The predicted octanol–water partition coefficient (Wildman–Crippen LogP) is 2.67. The zero-order valence-electron chi connectivity index (χ0n) is 15.3. The minimum atomic E-state index is -0.0000806. The Hall–Kier alpha value is -2.53. The maximum atomic E-state index is 12.3. The molecule has 0 saturated carbocycles. The molecule has 1 N–H and O–H groups in total. The van der Waals surface area contributed by atoms with Gasteiger partial charge in [-0.05, 0) is 49.5 Å². The minimum absolute atomic E-state index is 0.0000806. The fraction of sp³-hybridized carbons (Fsp3) is 0.350. The summed E-state index contributed by atoms with van der Waals surface area (Å²) in [4.78, 5) is 14.3. The quantitative estimate of drug-likeness (QED) is 0.801. The number of nitrogens with one attached hydrogen (secondary N) is 1. The van der Waals surface area contributed by atoms with E-state index < -0.39 is 0 Å². The molecule has 5 nitrogen and oxygen atoms in total. The van der Waals surface area contributed by atoms with Gasteiger partial charge in [-0.3, -0.25) is 4.79 Å². The maximum Gasteiger partial charge on any atom is 0.224 e. The highest BCUT2D eigenvalue weighted by Gasteiger charge is 2.16. The van der Waals surface area contributed by atoms with E-state index in [9.17, 15) is 4.79 Å². The Morgan fingerprint density at radius 2 is 1.72 bits per heavy atom. The van der Waals surface area contributed by atoms with E-state index in [4.69, 9.17) is 9.47 Å². The molecule has 25 heavy (non-hydrogen) atoms. The average Bonchev–Trinajstić information content (AvgIpc) is 2.62. The van der Waals surface area contributed by atoms with Crippen molar-refractivity contribution in [1.29, 1.82) is 0 Å². The lowest BCUT2D eigenvalue weighted by Crippen LogP contribution is -2.35. The van der Waals surface area contributed by atoms with Crippen LogP contribution in [0.1, 0.15) is 17.2 Å². The Balaban J connectivity index is 1.96. The fourth-order valence-corrected chi connectivity index (χ4v) is 2.65. The zero-order valence-corrected chi connectivity index (χ0v) is 15.3. The third-order valence-corrected chi connectivity index (χ3v) is 4.12. The van der Waals surface area contributed by atoms with Gasteiger partial charge in [0.2, 0.25) is 5.91 Å². The van der Waals surface area contributed by atoms with Crippen molar-refractivity contribution in [2.45, 2.75) is 12.5 Å². The molecule has 1 unspecified atom stereocenters. The monoisotopic (exact) mass is 342 g/mol. The third kappa shape index (κ3) is 5.50. The Morgan fingerprint density at radius 1 is 1.04 bits per heavy atom. The van der Waals surface area contributed by atoms with Crippen LogP contribution >= 0.6 is 0 Å². The van der Waals surface area contributed by atoms with E-state index in [-0.39, 0.29) is 11.9 Å². The Labute approximate surface area is 149 Å². The summed E-state index contributed by atoms with van der Waals surface area (Å²) >= 11 is 0. The molecule has 2 aromatic carbocycles. The number of methoxy groups -OCH3 is 2. The van der Waals surface area contributed by atoms with E-state index in [0.29, 0.717) is 13.0 Å². The number of carbonyl (C=O) groups is 1. The molecule has 0 bridgehead atoms. The summed E-state index contributed by atoms with van der Waals surface area (Å²) in [6.45, 7) is 0.537. The van der Waals surface area contributed by atoms with E-state index in [1.54, 1.807) is 14.2 Å². The van der Waals surface area contributed by atoms with Crippen molar-refractivity contribution in [2.24, 2.45) is 0 Å². The molecule has 0 heterocycles. The SMILES string of the molecule is COc1ccc(CC(=O)NCC(c2cccc(OC)c2)N(C)C)cc1. The van der Waals surface area contributed by atoms with Gasteiger partial charge in [-0.1, -0.05) is 24.3 Å². The Kier molecular flexibility index (Phi) is 6.83. The minimum Gasteiger partial charge on any atom is -0.497 e. The standard InChI is InChI=1S/C20H26N2O3/c1-22(2)19(16-6-5-7-18(13-16)25-4)14-21-20(23)12-15-8-10-17(24-3)11-9-15/h5-11,13,19H,12,14H2,1-4H3,(H,21,23). The summed E-state index contributed by atoms with van der Waals surface area (Å²) in [5.41, 5.74) is 2.06. The van der Waals surface area contributed by atoms with E-state index in [1.165, 1.54) is 0 Å². The molecular weight excluding hydrogens is 316 g/mol. The molecule has 0 spiro atoms. The maximum absolute atomic E-state index is 12.3. The summed E-state index contributed by atoms with van der Waals surface area (Å²) < 4.78 is 10.4. The first-order chi connectivity index (χ1) is 12.0. The molecule has 0 saturated heterocycles. The molecule has 0 aliphatic rings. The summed E-state index contributed by atoms with van der Waals surface area (Å²) in [6.07, 6.45) is 0.349. The molecule has 1 atom stereocenters. The topological polar surface area (TPSA) is 50.8 Å². The summed E-state index contributed by atoms with van der Waals surface area (Å²) in [7, 11) is 7.28. The van der Waals surface area contributed by atoms with Gasteiger partial charge in [0.05, 0.1) is 26.7 Å². The van der Waals surface area contributed by atoms with Crippen molar-refractivity contribution in [3.8, 4) is 11.5 Å². The molecule has 0 aliphatic heterocycles. The first-order valence-corrected chi connectivity index (χ1v) is 8.23. The normalized spacial score (nSPS) is 11.9. The second kappa shape index (κ2) is 9.08. The number of benzene rings is 2. The fourth-order valence-electron chi connectivity index (χ4n) is 2.65. The van der Waals surface area contributed by atoms with Crippen molar-refractivity contribution in [3.05, 3.63) is 59.7 Å². The zero-order chi connectivity index (χ0) is 18.2. The second-order valence-electron chi connectivity index (χ2n) is 6.08. The van der Waals surface area contributed by atoms with Crippen LogP contribution in [-0.4, -0.2) is 45.7 Å². The highest BCUT2D eigenvalue weighted by atomic mass is 16.5. The van der Waals surface area contributed by atoms with Gasteiger partial charge < -0.3 is 19.7 Å². The molecule has 1 amide bonds. The summed E-state index contributed by atoms with van der Waals surface area (Å²) in [5.74, 6) is 1.60. The van der Waals surface area contributed by atoms with Crippen LogP contribution in [0.25, 0.3) is 0 Å². The molecule has 2 rings (SSSR count). The number of likely N-dealkylation sites (N-methyl/N-ethyl adjacent to an activating group) is 1. The van der Waals surface area contributed by atoms with Crippen molar-refractivity contribution in [3.63, 3.8) is 0 Å². The van der Waals surface area contributed by atoms with Gasteiger partial charge in [-0.25, -0.2) is 0 Å². The van der Waals surface area contributed by atoms with Crippen molar-refractivity contribution in [2.75, 3.05) is 34.9 Å². The van der Waals surface area contributed by atoms with Gasteiger partial charge >= 0.3 is 0 Å². The van der Waals surface area contributed by atoms with E-state index in [2.05, 4.69) is 10.2 Å². The predicted molar refractivity (Wildman–Crippen MR) is 99.1 cm³/mol. The third-order valence-electron chi connectivity index (χ3n) is 4.12. The van der Waals surface area contributed by atoms with Crippen LogP contribution < -0.4 is 14.8 Å². The van der Waals surface area contributed by atoms with Gasteiger partial charge in [0, 0.05) is 6.54 Å². The number of amides is 1. The largest absolute Gasteiger partial charge is 0.497 e. The second-order valence-corrected chi connectivity index (χ2v) is 6.08. The van der Waals surface area contributed by atoms with Crippen molar-refractivity contribution < 1.29 is 14.3 Å². The van der Waals surface area contributed by atoms with Crippen molar-refractivity contribution in [1.82, 2.24) is 10.2 Å². The lowest BCUT2D eigenvalue weighted by atomic mass is 10.1. The Bertz CT molecular complexity index is 684. The lowest BCUT2D eigenvalue weighted by Gasteiger charge is -2.25. The molecule has 0 aliphatic carbocycles. The van der Waals surface area contributed by atoms with Crippen LogP contribution in [0, 0.1) is 0 Å². The molecule has 2 aromatic rings. The summed E-state index contributed by atoms with van der Waals surface area (Å²) in [6, 6.07) is 15.5. The Morgan fingerprint density at radius 3 is 2.32 bits per heavy atom. The van der Waals surface area contributed by atoms with Gasteiger partial charge in [0.15, 0.2) is 0 Å². The molecule has 0 radical (unpaired) electrons. The van der Waals surface area contributed by atoms with Crippen LogP contribution in [0.15, 0.2) is 48.5 Å². The molecular formula is C20H26N2O3. The van der Waals surface area contributed by atoms with Crippen LogP contribution in [0.5, 0.6) is 11.5 Å². The van der Waals surface area contributed by atoms with Crippen LogP contribution in [0.2, 0.25) is 0 Å². The smallest absolute Gasteiger partial charge is 0.224 e. The van der Waals surface area contributed by atoms with E-state index >= 15 is 0 Å². The highest BCUT2D eigenvalue weighted by molar-refractivity contribution is 5.78. The lowest BCUT2D eigenvalue weighted by molar-refractivity contribution is -0.120. The first-order valence-electron chi connectivity index (χ1n) is 8.23. The number of carbonyl (C=O) groups excluding carboxylic acids is 1. The van der Waals surface area contributed by atoms with Gasteiger partial charge in [-0.2, -0.15) is 0 Å². The van der Waals surface area contributed by atoms with Gasteiger partial charge in [0.1, 0.15) is 11.5 Å². The number of ether oxygens (including phenoxy) is 2. The van der Waals surface area contributed by atoms with E-state index in [1.807, 2.05) is 62.6 Å². The number of rotatable bonds is 8. The highest BCUT2D eigenvalue weighted by Crippen LogP contribution is 2.22. The van der Waals surface area contributed by atoms with Crippen LogP contribution in [-0.2, 0) is 11.2 Å². The number of hydrogen-bond donors (Lipinski definition) is 1. The number of hydrogen-bond acceptors (Lipinski definition) is 4. The molecule has 0 aromatic heterocycles. The first kappa shape index (κ1) is 18.8. The van der Waals surface area contributed by atoms with Gasteiger partial charge in [-0.15, -0.1) is 0 Å². The number of nitrogens with zero attached hydrogens (tertiary/aromatic N) is 1. The van der Waals surface area contributed by atoms with Crippen LogP contribution in [0.3, 0.4) is 0 Å². The van der Waals surface area contributed by atoms with Crippen molar-refractivity contribution >= 4 is 5.91 Å².